The lowest BCUT2D eigenvalue weighted by Gasteiger charge is -2.04. The first-order valence-corrected chi connectivity index (χ1v) is 5.86. The molecule has 3 heteroatoms. The van der Waals surface area contributed by atoms with Crippen LogP contribution in [0.5, 0.6) is 5.75 Å². The van der Waals surface area contributed by atoms with Gasteiger partial charge in [0.1, 0.15) is 11.6 Å². The SMILES string of the molecule is COc1ccc2cnc(-c3ccc(C)cc3)n2c1. The van der Waals surface area contributed by atoms with E-state index in [-0.39, 0.29) is 0 Å². The van der Waals surface area contributed by atoms with Crippen LogP contribution in [0.15, 0.2) is 48.8 Å². The van der Waals surface area contributed by atoms with Crippen LogP contribution >= 0.6 is 0 Å². The molecular formula is C15H14N2O. The Morgan fingerprint density at radius 3 is 2.56 bits per heavy atom. The zero-order chi connectivity index (χ0) is 12.5. The number of aromatic nitrogens is 2. The number of rotatable bonds is 2. The molecule has 3 aromatic rings. The molecule has 0 atom stereocenters. The molecule has 2 heterocycles. The van der Waals surface area contributed by atoms with Gasteiger partial charge in [0.25, 0.3) is 0 Å². The maximum absolute atomic E-state index is 5.25. The van der Waals surface area contributed by atoms with Crippen molar-refractivity contribution in [1.29, 1.82) is 0 Å². The predicted octanol–water partition coefficient (Wildman–Crippen LogP) is 3.32. The second-order valence-corrected chi connectivity index (χ2v) is 4.31. The Bertz CT molecular complexity index is 683. The smallest absolute Gasteiger partial charge is 0.144 e. The van der Waals surface area contributed by atoms with Gasteiger partial charge in [-0.3, -0.25) is 4.40 Å². The molecule has 0 spiro atoms. The largest absolute Gasteiger partial charge is 0.495 e. The minimum atomic E-state index is 0.828. The molecule has 0 aliphatic rings. The van der Waals surface area contributed by atoms with Gasteiger partial charge in [-0.25, -0.2) is 4.98 Å². The quantitative estimate of drug-likeness (QED) is 0.684. The van der Waals surface area contributed by atoms with Crippen LogP contribution < -0.4 is 4.74 Å². The first-order valence-electron chi connectivity index (χ1n) is 5.86. The molecule has 0 unspecified atom stereocenters. The van der Waals surface area contributed by atoms with E-state index in [0.29, 0.717) is 0 Å². The highest BCUT2D eigenvalue weighted by atomic mass is 16.5. The molecule has 90 valence electrons. The van der Waals surface area contributed by atoms with E-state index in [1.165, 1.54) is 5.56 Å². The van der Waals surface area contributed by atoms with E-state index in [1.54, 1.807) is 7.11 Å². The summed E-state index contributed by atoms with van der Waals surface area (Å²) in [5.41, 5.74) is 3.41. The summed E-state index contributed by atoms with van der Waals surface area (Å²) in [5, 5.41) is 0. The molecular weight excluding hydrogens is 224 g/mol. The van der Waals surface area contributed by atoms with Crippen LogP contribution in [0.25, 0.3) is 16.9 Å². The van der Waals surface area contributed by atoms with Crippen molar-refractivity contribution in [3.05, 3.63) is 54.4 Å². The molecule has 3 nitrogen and oxygen atoms in total. The molecule has 18 heavy (non-hydrogen) atoms. The first kappa shape index (κ1) is 10.8. The van der Waals surface area contributed by atoms with E-state index in [1.807, 2.05) is 28.9 Å². The average Bonchev–Trinajstić information content (AvgIpc) is 2.82. The number of pyridine rings is 1. The Labute approximate surface area is 106 Å². The number of nitrogens with zero attached hydrogens (tertiary/aromatic N) is 2. The van der Waals surface area contributed by atoms with E-state index in [4.69, 9.17) is 4.74 Å². The molecule has 0 amide bonds. The van der Waals surface area contributed by atoms with E-state index in [0.717, 1.165) is 22.7 Å². The normalized spacial score (nSPS) is 10.8. The van der Waals surface area contributed by atoms with Crippen LogP contribution in [0, 0.1) is 6.92 Å². The number of aryl methyl sites for hydroxylation is 1. The maximum Gasteiger partial charge on any atom is 0.144 e. The van der Waals surface area contributed by atoms with Crippen LogP contribution in [-0.4, -0.2) is 16.5 Å². The average molecular weight is 238 g/mol. The van der Waals surface area contributed by atoms with Crippen molar-refractivity contribution in [1.82, 2.24) is 9.38 Å². The van der Waals surface area contributed by atoms with Crippen molar-refractivity contribution in [2.75, 3.05) is 7.11 Å². The zero-order valence-electron chi connectivity index (χ0n) is 10.4. The zero-order valence-corrected chi connectivity index (χ0v) is 10.4. The van der Waals surface area contributed by atoms with Crippen molar-refractivity contribution in [3.8, 4) is 17.1 Å². The van der Waals surface area contributed by atoms with Crippen LogP contribution in [-0.2, 0) is 0 Å². The summed E-state index contributed by atoms with van der Waals surface area (Å²) in [6, 6.07) is 12.3. The lowest BCUT2D eigenvalue weighted by atomic mass is 10.1. The fraction of sp³-hybridized carbons (Fsp3) is 0.133. The van der Waals surface area contributed by atoms with Gasteiger partial charge >= 0.3 is 0 Å². The Kier molecular flexibility index (Phi) is 2.52. The Balaban J connectivity index is 2.19. The van der Waals surface area contributed by atoms with Gasteiger partial charge in [0.15, 0.2) is 0 Å². The van der Waals surface area contributed by atoms with Crippen molar-refractivity contribution in [2.24, 2.45) is 0 Å². The number of methoxy groups -OCH3 is 1. The molecule has 0 bridgehead atoms. The number of hydrogen-bond donors (Lipinski definition) is 0. The van der Waals surface area contributed by atoms with E-state index in [9.17, 15) is 0 Å². The summed E-state index contributed by atoms with van der Waals surface area (Å²) in [7, 11) is 1.67. The lowest BCUT2D eigenvalue weighted by Crippen LogP contribution is -1.91. The second kappa shape index (κ2) is 4.18. The summed E-state index contributed by atoms with van der Waals surface area (Å²) >= 11 is 0. The Morgan fingerprint density at radius 2 is 1.83 bits per heavy atom. The molecule has 2 aromatic heterocycles. The Morgan fingerprint density at radius 1 is 1.06 bits per heavy atom. The van der Waals surface area contributed by atoms with Gasteiger partial charge in [0, 0.05) is 5.56 Å². The first-order chi connectivity index (χ1) is 8.78. The number of hydrogen-bond acceptors (Lipinski definition) is 2. The van der Waals surface area contributed by atoms with E-state index >= 15 is 0 Å². The monoisotopic (exact) mass is 238 g/mol. The summed E-state index contributed by atoms with van der Waals surface area (Å²) in [6.45, 7) is 2.08. The van der Waals surface area contributed by atoms with Crippen molar-refractivity contribution in [3.63, 3.8) is 0 Å². The fourth-order valence-corrected chi connectivity index (χ4v) is 2.01. The third-order valence-corrected chi connectivity index (χ3v) is 3.05. The minimum absolute atomic E-state index is 0.828. The summed E-state index contributed by atoms with van der Waals surface area (Å²) in [5.74, 6) is 1.76. The molecule has 0 aliphatic heterocycles. The minimum Gasteiger partial charge on any atom is -0.495 e. The second-order valence-electron chi connectivity index (χ2n) is 4.31. The summed E-state index contributed by atoms with van der Waals surface area (Å²) in [4.78, 5) is 4.48. The van der Waals surface area contributed by atoms with Gasteiger partial charge in [0.2, 0.25) is 0 Å². The van der Waals surface area contributed by atoms with Crippen molar-refractivity contribution in [2.45, 2.75) is 6.92 Å². The van der Waals surface area contributed by atoms with Gasteiger partial charge in [0.05, 0.1) is 25.0 Å². The van der Waals surface area contributed by atoms with Crippen LogP contribution in [0.3, 0.4) is 0 Å². The van der Waals surface area contributed by atoms with E-state index in [2.05, 4.69) is 36.2 Å². The maximum atomic E-state index is 5.25. The molecule has 0 fully saturated rings. The van der Waals surface area contributed by atoms with Crippen LogP contribution in [0.2, 0.25) is 0 Å². The standard InChI is InChI=1S/C15H14N2O/c1-11-3-5-12(6-4-11)15-16-9-13-7-8-14(18-2)10-17(13)15/h3-10H,1-2H3. The molecule has 0 radical (unpaired) electrons. The number of ether oxygens (including phenoxy) is 1. The fourth-order valence-electron chi connectivity index (χ4n) is 2.01. The highest BCUT2D eigenvalue weighted by Crippen LogP contribution is 2.22. The lowest BCUT2D eigenvalue weighted by molar-refractivity contribution is 0.412. The van der Waals surface area contributed by atoms with Crippen LogP contribution in [0.1, 0.15) is 5.56 Å². The molecule has 1 aromatic carbocycles. The molecule has 3 rings (SSSR count). The molecule has 0 saturated carbocycles. The molecule has 0 aliphatic carbocycles. The van der Waals surface area contributed by atoms with Crippen molar-refractivity contribution >= 4 is 5.52 Å². The topological polar surface area (TPSA) is 26.5 Å². The number of benzene rings is 1. The summed E-state index contributed by atoms with van der Waals surface area (Å²) in [6.07, 6.45) is 3.83. The number of fused-ring (bicyclic) bond motifs is 1. The molecule has 0 N–H and O–H groups in total. The molecule has 0 saturated heterocycles. The van der Waals surface area contributed by atoms with Crippen molar-refractivity contribution < 1.29 is 4.74 Å². The third-order valence-electron chi connectivity index (χ3n) is 3.05. The highest BCUT2D eigenvalue weighted by Gasteiger charge is 2.06. The van der Waals surface area contributed by atoms with Crippen LogP contribution in [0.4, 0.5) is 0 Å². The van der Waals surface area contributed by atoms with Gasteiger partial charge in [-0.15, -0.1) is 0 Å². The van der Waals surface area contributed by atoms with Gasteiger partial charge in [-0.05, 0) is 19.1 Å². The number of imidazole rings is 1. The third kappa shape index (κ3) is 1.74. The van der Waals surface area contributed by atoms with E-state index < -0.39 is 0 Å². The van der Waals surface area contributed by atoms with Gasteiger partial charge < -0.3 is 4.74 Å². The summed E-state index contributed by atoms with van der Waals surface area (Å²) < 4.78 is 7.30. The van der Waals surface area contributed by atoms with Gasteiger partial charge in [-0.1, -0.05) is 29.8 Å². The predicted molar refractivity (Wildman–Crippen MR) is 71.9 cm³/mol. The highest BCUT2D eigenvalue weighted by molar-refractivity contribution is 5.63. The van der Waals surface area contributed by atoms with Gasteiger partial charge in [-0.2, -0.15) is 0 Å². The Hall–Kier alpha value is -2.29.